The third kappa shape index (κ3) is 5.21. The Balaban J connectivity index is 1.20. The molecule has 3 heterocycles. The number of nitrogens with zero attached hydrogens (tertiary/aromatic N) is 3. The van der Waals surface area contributed by atoms with Gasteiger partial charge in [0.2, 0.25) is 11.8 Å². The molecule has 0 atom stereocenters. The Labute approximate surface area is 188 Å². The summed E-state index contributed by atoms with van der Waals surface area (Å²) in [7, 11) is 1.64. The van der Waals surface area contributed by atoms with Crippen LogP contribution in [0, 0.1) is 0 Å². The number of piperazine rings is 1. The fraction of sp³-hybridized carbons (Fsp3) is 0.522. The zero-order chi connectivity index (χ0) is 22.5. The fourth-order valence-corrected chi connectivity index (χ4v) is 4.50. The molecule has 2 aromatic rings. The minimum atomic E-state index is -0.0570. The van der Waals surface area contributed by atoms with Crippen LogP contribution in [0.1, 0.15) is 18.4 Å². The van der Waals surface area contributed by atoms with E-state index in [1.807, 2.05) is 35.4 Å². The molecule has 2 saturated heterocycles. The summed E-state index contributed by atoms with van der Waals surface area (Å²) in [6, 6.07) is 8.06. The van der Waals surface area contributed by atoms with Gasteiger partial charge in [-0.15, -0.1) is 0 Å². The van der Waals surface area contributed by atoms with Gasteiger partial charge >= 0.3 is 6.03 Å². The summed E-state index contributed by atoms with van der Waals surface area (Å²) >= 11 is 0. The van der Waals surface area contributed by atoms with Crippen LogP contribution in [0.3, 0.4) is 0 Å². The minimum Gasteiger partial charge on any atom is -0.361 e. The van der Waals surface area contributed by atoms with Crippen LogP contribution in [-0.2, 0) is 16.0 Å². The van der Waals surface area contributed by atoms with Gasteiger partial charge in [0.1, 0.15) is 0 Å². The smallest absolute Gasteiger partial charge is 0.317 e. The van der Waals surface area contributed by atoms with Crippen molar-refractivity contribution in [3.8, 4) is 0 Å². The highest BCUT2D eigenvalue weighted by Crippen LogP contribution is 2.19. The van der Waals surface area contributed by atoms with Crippen LogP contribution in [0.25, 0.3) is 10.9 Å². The number of carbonyl (C=O) groups is 3. The third-order valence-electron chi connectivity index (χ3n) is 6.50. The second kappa shape index (κ2) is 10.0. The lowest BCUT2D eigenvalue weighted by Gasteiger charge is -2.37. The van der Waals surface area contributed by atoms with Gasteiger partial charge in [-0.25, -0.2) is 4.79 Å². The maximum absolute atomic E-state index is 12.8. The van der Waals surface area contributed by atoms with Gasteiger partial charge in [0.15, 0.2) is 0 Å². The van der Waals surface area contributed by atoms with Crippen molar-refractivity contribution in [2.75, 3.05) is 52.9 Å². The summed E-state index contributed by atoms with van der Waals surface area (Å²) in [4.78, 5) is 46.0. The normalized spacial score (nSPS) is 18.0. The first kappa shape index (κ1) is 22.1. The number of likely N-dealkylation sites (tertiary alicyclic amines) is 1. The number of fused-ring (bicyclic) bond motifs is 1. The molecule has 0 spiro atoms. The molecule has 2 aliphatic heterocycles. The number of piperidine rings is 1. The van der Waals surface area contributed by atoms with Crippen molar-refractivity contribution in [2.24, 2.45) is 0 Å². The highest BCUT2D eigenvalue weighted by molar-refractivity contribution is 5.89. The second-order valence-electron chi connectivity index (χ2n) is 8.58. The number of carbonyl (C=O) groups excluding carboxylic acids is 3. The lowest BCUT2D eigenvalue weighted by Crippen LogP contribution is -2.56. The molecule has 1 aromatic carbocycles. The van der Waals surface area contributed by atoms with Crippen LogP contribution in [0.4, 0.5) is 4.79 Å². The number of urea groups is 1. The molecule has 32 heavy (non-hydrogen) atoms. The number of rotatable bonds is 5. The summed E-state index contributed by atoms with van der Waals surface area (Å²) in [5.41, 5.74) is 2.05. The van der Waals surface area contributed by atoms with Gasteiger partial charge in [-0.3, -0.25) is 14.5 Å². The molecule has 2 aliphatic rings. The highest BCUT2D eigenvalue weighted by atomic mass is 16.2. The van der Waals surface area contributed by atoms with Crippen molar-refractivity contribution in [1.82, 2.24) is 30.3 Å². The summed E-state index contributed by atoms with van der Waals surface area (Å²) in [5, 5.41) is 6.86. The van der Waals surface area contributed by atoms with Crippen molar-refractivity contribution in [3.63, 3.8) is 0 Å². The Hall–Kier alpha value is -3.07. The number of nitrogens with one attached hydrogen (secondary N) is 3. The molecule has 0 saturated carbocycles. The van der Waals surface area contributed by atoms with E-state index >= 15 is 0 Å². The molecular weight excluding hydrogens is 408 g/mol. The van der Waals surface area contributed by atoms with Crippen molar-refractivity contribution >= 4 is 28.7 Å². The molecule has 3 N–H and O–H groups in total. The largest absolute Gasteiger partial charge is 0.361 e. The van der Waals surface area contributed by atoms with E-state index in [1.54, 1.807) is 11.9 Å². The van der Waals surface area contributed by atoms with Crippen LogP contribution >= 0.6 is 0 Å². The quantitative estimate of drug-likeness (QED) is 0.640. The van der Waals surface area contributed by atoms with Crippen molar-refractivity contribution in [1.29, 1.82) is 0 Å². The number of aromatic nitrogens is 1. The van der Waals surface area contributed by atoms with Gasteiger partial charge in [-0.2, -0.15) is 0 Å². The lowest BCUT2D eigenvalue weighted by atomic mass is 10.1. The Kier molecular flexibility index (Phi) is 6.94. The molecule has 4 rings (SSSR count). The minimum absolute atomic E-state index is 0.0181. The van der Waals surface area contributed by atoms with Gasteiger partial charge in [-0.05, 0) is 24.5 Å². The standard InChI is InChI=1S/C23H32N6O3/c1-24-21(30)16-27-8-6-18(7-9-27)26-23(32)29-12-10-28(11-13-29)22(31)14-17-15-25-20-5-3-2-4-19(17)20/h2-5,15,18,25H,6-14,16H2,1H3,(H,24,30)(H,26,32). The van der Waals surface area contributed by atoms with E-state index < -0.39 is 0 Å². The summed E-state index contributed by atoms with van der Waals surface area (Å²) in [6.07, 6.45) is 3.95. The molecule has 9 nitrogen and oxygen atoms in total. The SMILES string of the molecule is CNC(=O)CN1CCC(NC(=O)N2CCN(C(=O)Cc3c[nH]c4ccccc34)CC2)CC1. The Bertz CT molecular complexity index is 958. The van der Waals surface area contributed by atoms with Gasteiger partial charge in [-0.1, -0.05) is 18.2 Å². The number of benzene rings is 1. The van der Waals surface area contributed by atoms with Crippen molar-refractivity contribution in [3.05, 3.63) is 36.0 Å². The van der Waals surface area contributed by atoms with Crippen LogP contribution in [0.15, 0.2) is 30.5 Å². The summed E-state index contributed by atoms with van der Waals surface area (Å²) in [5.74, 6) is 0.114. The maximum atomic E-state index is 12.8. The third-order valence-corrected chi connectivity index (χ3v) is 6.50. The lowest BCUT2D eigenvalue weighted by molar-refractivity contribution is -0.131. The van der Waals surface area contributed by atoms with Gasteiger partial charge < -0.3 is 25.4 Å². The molecule has 2 fully saturated rings. The van der Waals surface area contributed by atoms with Crippen molar-refractivity contribution in [2.45, 2.75) is 25.3 Å². The van der Waals surface area contributed by atoms with E-state index in [0.717, 1.165) is 42.4 Å². The van der Waals surface area contributed by atoms with E-state index in [9.17, 15) is 14.4 Å². The maximum Gasteiger partial charge on any atom is 0.317 e. The topological polar surface area (TPSA) is 101 Å². The molecule has 0 aliphatic carbocycles. The average molecular weight is 441 g/mol. The summed E-state index contributed by atoms with van der Waals surface area (Å²) < 4.78 is 0. The Morgan fingerprint density at radius 2 is 1.69 bits per heavy atom. The Morgan fingerprint density at radius 3 is 2.41 bits per heavy atom. The zero-order valence-electron chi connectivity index (χ0n) is 18.6. The number of amides is 4. The number of H-pyrrole nitrogens is 1. The summed E-state index contributed by atoms with van der Waals surface area (Å²) in [6.45, 7) is 4.20. The van der Waals surface area contributed by atoms with E-state index in [0.29, 0.717) is 39.1 Å². The van der Waals surface area contributed by atoms with Crippen LogP contribution in [0.5, 0.6) is 0 Å². The molecule has 9 heteroatoms. The van der Waals surface area contributed by atoms with E-state index in [4.69, 9.17) is 0 Å². The van der Waals surface area contributed by atoms with Gasteiger partial charge in [0.25, 0.3) is 0 Å². The first-order valence-electron chi connectivity index (χ1n) is 11.3. The van der Waals surface area contributed by atoms with Crippen LogP contribution in [-0.4, -0.2) is 96.4 Å². The highest BCUT2D eigenvalue weighted by Gasteiger charge is 2.27. The molecule has 172 valence electrons. The second-order valence-corrected chi connectivity index (χ2v) is 8.58. The number of aromatic amines is 1. The van der Waals surface area contributed by atoms with Crippen molar-refractivity contribution < 1.29 is 14.4 Å². The molecule has 0 unspecified atom stereocenters. The van der Waals surface area contributed by atoms with Crippen LogP contribution in [0.2, 0.25) is 0 Å². The van der Waals surface area contributed by atoms with E-state index in [1.165, 1.54) is 0 Å². The van der Waals surface area contributed by atoms with Gasteiger partial charge in [0.05, 0.1) is 13.0 Å². The van der Waals surface area contributed by atoms with E-state index in [2.05, 4.69) is 20.5 Å². The monoisotopic (exact) mass is 440 g/mol. The average Bonchev–Trinajstić information content (AvgIpc) is 3.23. The van der Waals surface area contributed by atoms with E-state index in [-0.39, 0.29) is 23.9 Å². The molecule has 0 radical (unpaired) electrons. The molecule has 4 amide bonds. The number of hydrogen-bond donors (Lipinski definition) is 3. The van der Waals surface area contributed by atoms with Gasteiger partial charge in [0, 0.05) is 69.5 Å². The predicted molar refractivity (Wildman–Crippen MR) is 122 cm³/mol. The molecular formula is C23H32N6O3. The number of likely N-dealkylation sites (N-methyl/N-ethyl adjacent to an activating group) is 1. The first-order valence-corrected chi connectivity index (χ1v) is 11.3. The Morgan fingerprint density at radius 1 is 1.00 bits per heavy atom. The predicted octanol–water partition coefficient (Wildman–Crippen LogP) is 0.775. The number of hydrogen-bond acceptors (Lipinski definition) is 4. The number of para-hydroxylation sites is 1. The zero-order valence-corrected chi connectivity index (χ0v) is 18.6. The molecule has 0 bridgehead atoms. The first-order chi connectivity index (χ1) is 15.5. The van der Waals surface area contributed by atoms with Crippen LogP contribution < -0.4 is 10.6 Å². The fourth-order valence-electron chi connectivity index (χ4n) is 4.50. The molecule has 1 aromatic heterocycles.